The minimum Gasteiger partial charge on any atom is -0.460 e. The molecule has 0 bridgehead atoms. The van der Waals surface area contributed by atoms with Gasteiger partial charge in [-0.05, 0) is 38.5 Å². The maximum absolute atomic E-state index is 12.0. The summed E-state index contributed by atoms with van der Waals surface area (Å²) in [5.41, 5.74) is 5.67. The van der Waals surface area contributed by atoms with Gasteiger partial charge in [-0.3, -0.25) is 9.59 Å². The normalized spacial score (nSPS) is 12.1. The minimum atomic E-state index is -0.494. The number of nitrogens with zero attached hydrogens (tertiary/aromatic N) is 2. The number of nitrogen functional groups attached to an aromatic ring is 1. The first-order valence-electron chi connectivity index (χ1n) is 7.14. The summed E-state index contributed by atoms with van der Waals surface area (Å²) in [7, 11) is 0. The number of aryl methyl sites for hydroxylation is 1. The van der Waals surface area contributed by atoms with Gasteiger partial charge in [-0.15, -0.1) is 0 Å². The largest absolute Gasteiger partial charge is 0.460 e. The van der Waals surface area contributed by atoms with Crippen molar-refractivity contribution in [1.82, 2.24) is 15.1 Å². The van der Waals surface area contributed by atoms with Crippen LogP contribution in [0.1, 0.15) is 26.0 Å². The van der Waals surface area contributed by atoms with Crippen LogP contribution in [-0.4, -0.2) is 21.7 Å². The molecule has 2 aromatic heterocycles. The van der Waals surface area contributed by atoms with Crippen molar-refractivity contribution in [2.45, 2.75) is 39.8 Å². The van der Waals surface area contributed by atoms with Gasteiger partial charge in [0.1, 0.15) is 23.7 Å². The molecule has 2 aromatic rings. The molecule has 22 heavy (non-hydrogen) atoms. The average Bonchev–Trinajstić information content (AvgIpc) is 2.90. The molecule has 7 heteroatoms. The Morgan fingerprint density at radius 2 is 2.23 bits per heavy atom. The highest BCUT2D eigenvalue weighted by molar-refractivity contribution is 5.76. The maximum atomic E-state index is 12.0. The molecule has 0 saturated carbocycles. The molecule has 1 atom stereocenters. The first kappa shape index (κ1) is 15.8. The van der Waals surface area contributed by atoms with Crippen LogP contribution in [0.4, 0.5) is 5.69 Å². The summed E-state index contributed by atoms with van der Waals surface area (Å²) in [6.45, 7) is 5.49. The van der Waals surface area contributed by atoms with Crippen LogP contribution in [0.3, 0.4) is 0 Å². The van der Waals surface area contributed by atoms with Crippen LogP contribution >= 0.6 is 0 Å². The molecule has 0 aliphatic carbocycles. The van der Waals surface area contributed by atoms with Crippen molar-refractivity contribution in [3.05, 3.63) is 34.3 Å². The van der Waals surface area contributed by atoms with E-state index in [1.165, 1.54) is 6.07 Å². The monoisotopic (exact) mass is 304 g/mol. The fraction of sp³-hybridized carbons (Fsp3) is 0.400. The van der Waals surface area contributed by atoms with Crippen LogP contribution in [0.5, 0.6) is 0 Å². The van der Waals surface area contributed by atoms with Crippen molar-refractivity contribution in [2.24, 2.45) is 0 Å². The van der Waals surface area contributed by atoms with E-state index in [4.69, 9.17) is 10.2 Å². The molecular formula is C15H20N4O3. The maximum Gasteiger partial charge on any atom is 0.290 e. The number of aromatic nitrogens is 2. The third-order valence-electron chi connectivity index (χ3n) is 3.31. The number of nitrogens with two attached hydrogens (primary N) is 1. The number of anilines is 1. The molecule has 7 nitrogen and oxygen atoms in total. The molecule has 0 fully saturated rings. The Balaban J connectivity index is 2.29. The van der Waals surface area contributed by atoms with Crippen molar-refractivity contribution < 1.29 is 9.21 Å². The number of nitrogens with one attached hydrogen (secondary N) is 1. The highest BCUT2D eigenvalue weighted by Crippen LogP contribution is 2.19. The van der Waals surface area contributed by atoms with E-state index in [2.05, 4.69) is 10.4 Å². The molecule has 0 aromatic carbocycles. The summed E-state index contributed by atoms with van der Waals surface area (Å²) < 4.78 is 6.53. The van der Waals surface area contributed by atoms with Crippen LogP contribution in [0.25, 0.3) is 11.5 Å². The summed E-state index contributed by atoms with van der Waals surface area (Å²) in [6.07, 6.45) is 0.807. The van der Waals surface area contributed by atoms with Gasteiger partial charge in [-0.1, -0.05) is 6.92 Å². The quantitative estimate of drug-likeness (QED) is 0.867. The summed E-state index contributed by atoms with van der Waals surface area (Å²) >= 11 is 0. The van der Waals surface area contributed by atoms with E-state index in [1.54, 1.807) is 12.1 Å². The number of amides is 1. The van der Waals surface area contributed by atoms with E-state index in [-0.39, 0.29) is 24.2 Å². The Hall–Kier alpha value is -2.57. The summed E-state index contributed by atoms with van der Waals surface area (Å²) in [5, 5.41) is 6.94. The molecule has 0 unspecified atom stereocenters. The van der Waals surface area contributed by atoms with Crippen molar-refractivity contribution >= 4 is 11.6 Å². The standard InChI is InChI=1S/C15H20N4O3/c1-4-9(2)17-14(20)8-19-15(21)11(16)7-12(18-19)13-6-5-10(3)22-13/h5-7,9H,4,8,16H2,1-3H3,(H,17,20)/t9-/m0/s1. The lowest BCUT2D eigenvalue weighted by molar-refractivity contribution is -0.122. The Morgan fingerprint density at radius 1 is 1.50 bits per heavy atom. The number of carbonyl (C=O) groups is 1. The summed E-state index contributed by atoms with van der Waals surface area (Å²) in [6, 6.07) is 5.02. The fourth-order valence-corrected chi connectivity index (χ4v) is 1.92. The van der Waals surface area contributed by atoms with Crippen LogP contribution in [0.2, 0.25) is 0 Å². The molecular weight excluding hydrogens is 284 g/mol. The van der Waals surface area contributed by atoms with Gasteiger partial charge in [0.25, 0.3) is 5.56 Å². The Kier molecular flexibility index (Phi) is 4.65. The molecule has 0 aliphatic heterocycles. The topological polar surface area (TPSA) is 103 Å². The number of furan rings is 1. The zero-order chi connectivity index (χ0) is 16.3. The number of rotatable bonds is 5. The predicted molar refractivity (Wildman–Crippen MR) is 83.2 cm³/mol. The molecule has 2 heterocycles. The van der Waals surface area contributed by atoms with Crippen LogP contribution < -0.4 is 16.6 Å². The van der Waals surface area contributed by atoms with Gasteiger partial charge in [-0.2, -0.15) is 5.10 Å². The highest BCUT2D eigenvalue weighted by atomic mass is 16.3. The first-order valence-corrected chi connectivity index (χ1v) is 7.14. The number of carbonyl (C=O) groups excluding carboxylic acids is 1. The van der Waals surface area contributed by atoms with Crippen molar-refractivity contribution in [2.75, 3.05) is 5.73 Å². The molecule has 2 rings (SSSR count). The molecule has 0 radical (unpaired) electrons. The second kappa shape index (κ2) is 6.46. The Bertz CT molecular complexity index is 733. The lowest BCUT2D eigenvalue weighted by atomic mass is 10.2. The SMILES string of the molecule is CC[C@H](C)NC(=O)Cn1nc(-c2ccc(C)o2)cc(N)c1=O. The molecule has 0 spiro atoms. The van der Waals surface area contributed by atoms with Crippen molar-refractivity contribution in [3.63, 3.8) is 0 Å². The van der Waals surface area contributed by atoms with Gasteiger partial charge in [-0.25, -0.2) is 4.68 Å². The lowest BCUT2D eigenvalue weighted by Crippen LogP contribution is -2.38. The van der Waals surface area contributed by atoms with Crippen molar-refractivity contribution in [3.8, 4) is 11.5 Å². The molecule has 0 saturated heterocycles. The third kappa shape index (κ3) is 3.55. The molecule has 3 N–H and O–H groups in total. The second-order valence-corrected chi connectivity index (χ2v) is 5.23. The summed E-state index contributed by atoms with van der Waals surface area (Å²) in [5.74, 6) is 0.944. The van der Waals surface area contributed by atoms with Crippen LogP contribution in [-0.2, 0) is 11.3 Å². The van der Waals surface area contributed by atoms with E-state index in [1.807, 2.05) is 20.8 Å². The zero-order valence-corrected chi connectivity index (χ0v) is 12.9. The first-order chi connectivity index (χ1) is 10.4. The van der Waals surface area contributed by atoms with Crippen molar-refractivity contribution in [1.29, 1.82) is 0 Å². The molecule has 118 valence electrons. The van der Waals surface area contributed by atoms with Gasteiger partial charge in [0, 0.05) is 6.04 Å². The van der Waals surface area contributed by atoms with E-state index < -0.39 is 5.56 Å². The smallest absolute Gasteiger partial charge is 0.290 e. The van der Waals surface area contributed by atoms with E-state index in [0.29, 0.717) is 11.5 Å². The zero-order valence-electron chi connectivity index (χ0n) is 12.9. The number of hydrogen-bond acceptors (Lipinski definition) is 5. The average molecular weight is 304 g/mol. The molecule has 1 amide bonds. The minimum absolute atomic E-state index is 0.0235. The number of hydrogen-bond donors (Lipinski definition) is 2. The predicted octanol–water partition coefficient (Wildman–Crippen LogP) is 1.31. The van der Waals surface area contributed by atoms with E-state index in [0.717, 1.165) is 16.9 Å². The summed E-state index contributed by atoms with van der Waals surface area (Å²) in [4.78, 5) is 23.9. The van der Waals surface area contributed by atoms with Crippen LogP contribution in [0, 0.1) is 6.92 Å². The van der Waals surface area contributed by atoms with Gasteiger partial charge >= 0.3 is 0 Å². The third-order valence-corrected chi connectivity index (χ3v) is 3.31. The van der Waals surface area contributed by atoms with E-state index >= 15 is 0 Å². The lowest BCUT2D eigenvalue weighted by Gasteiger charge is -2.12. The Morgan fingerprint density at radius 3 is 2.82 bits per heavy atom. The van der Waals surface area contributed by atoms with Gasteiger partial charge < -0.3 is 15.5 Å². The van der Waals surface area contributed by atoms with Crippen LogP contribution in [0.15, 0.2) is 27.4 Å². The van der Waals surface area contributed by atoms with Gasteiger partial charge in [0.15, 0.2) is 5.76 Å². The fourth-order valence-electron chi connectivity index (χ4n) is 1.92. The second-order valence-electron chi connectivity index (χ2n) is 5.23. The molecule has 0 aliphatic rings. The van der Waals surface area contributed by atoms with Gasteiger partial charge in [0.2, 0.25) is 5.91 Å². The Labute approximate surface area is 128 Å². The van der Waals surface area contributed by atoms with Gasteiger partial charge in [0.05, 0.1) is 0 Å². The highest BCUT2D eigenvalue weighted by Gasteiger charge is 2.13. The van der Waals surface area contributed by atoms with E-state index in [9.17, 15) is 9.59 Å².